The molecule has 0 fully saturated rings. The molecule has 68 valence electrons. The Morgan fingerprint density at radius 2 is 2.25 bits per heavy atom. The quantitative estimate of drug-likeness (QED) is 0.584. The van der Waals surface area contributed by atoms with Crippen molar-refractivity contribution in [3.05, 3.63) is 12.2 Å². The molecular weight excluding hydrogens is 167 g/mol. The number of alkyl halides is 3. The van der Waals surface area contributed by atoms with Crippen molar-refractivity contribution < 1.29 is 13.2 Å². The molecule has 0 aliphatic carbocycles. The van der Waals surface area contributed by atoms with E-state index in [9.17, 15) is 13.2 Å². The number of allylic oxidation sites excluding steroid dienone is 1. The van der Waals surface area contributed by atoms with Crippen molar-refractivity contribution in [3.8, 4) is 0 Å². The van der Waals surface area contributed by atoms with Gasteiger partial charge in [-0.2, -0.15) is 13.2 Å². The topological polar surface area (TPSA) is 12.4 Å². The largest absolute Gasteiger partial charge is 0.432 e. The Labute approximate surface area is 69.0 Å². The highest BCUT2D eigenvalue weighted by molar-refractivity contribution is 6.00. The van der Waals surface area contributed by atoms with Crippen LogP contribution in [0.1, 0.15) is 19.8 Å². The summed E-state index contributed by atoms with van der Waals surface area (Å²) >= 11 is 0. The Bertz CT molecular complexity index is 215. The predicted octanol–water partition coefficient (Wildman–Crippen LogP) is 2.73. The fraction of sp³-hybridized carbons (Fsp3) is 0.625. The zero-order chi connectivity index (χ0) is 9.19. The second kappa shape index (κ2) is 3.29. The number of aliphatic imine (C=N–C) groups is 1. The molecule has 0 radical (unpaired) electrons. The lowest BCUT2D eigenvalue weighted by molar-refractivity contribution is -0.0582. The summed E-state index contributed by atoms with van der Waals surface area (Å²) in [6.45, 7) is 1.83. The van der Waals surface area contributed by atoms with Gasteiger partial charge in [-0.3, -0.25) is 4.99 Å². The molecule has 0 N–H and O–H groups in total. The van der Waals surface area contributed by atoms with Gasteiger partial charge in [0.25, 0.3) is 0 Å². The summed E-state index contributed by atoms with van der Waals surface area (Å²) in [5.74, 6) is 0. The number of hydrogen-bond acceptors (Lipinski definition) is 1. The summed E-state index contributed by atoms with van der Waals surface area (Å²) in [5.41, 5.74) is -0.749. The van der Waals surface area contributed by atoms with E-state index in [0.717, 1.165) is 6.08 Å². The minimum Gasteiger partial charge on any atom is -0.277 e. The van der Waals surface area contributed by atoms with Gasteiger partial charge in [0, 0.05) is 0 Å². The molecule has 12 heavy (non-hydrogen) atoms. The normalized spacial score (nSPS) is 24.0. The van der Waals surface area contributed by atoms with Crippen LogP contribution in [0.2, 0.25) is 0 Å². The lowest BCUT2D eigenvalue weighted by atomic mass is 10.1. The highest BCUT2D eigenvalue weighted by atomic mass is 19.4. The Morgan fingerprint density at radius 1 is 1.58 bits per heavy atom. The molecule has 0 saturated carbocycles. The molecule has 0 aromatic heterocycles. The number of nitrogens with zero attached hydrogens (tertiary/aromatic N) is 1. The molecule has 0 amide bonds. The SMILES string of the molecule is CCC1CC=CC(C(F)(F)F)=N1. The first-order valence-electron chi connectivity index (χ1n) is 3.85. The van der Waals surface area contributed by atoms with Crippen LogP contribution >= 0.6 is 0 Å². The van der Waals surface area contributed by atoms with Crippen molar-refractivity contribution >= 4 is 5.71 Å². The molecule has 1 heterocycles. The molecule has 1 aliphatic heterocycles. The molecule has 0 aromatic rings. The molecule has 0 aromatic carbocycles. The van der Waals surface area contributed by atoms with Gasteiger partial charge in [0.2, 0.25) is 0 Å². The van der Waals surface area contributed by atoms with E-state index in [0.29, 0.717) is 12.8 Å². The van der Waals surface area contributed by atoms with Gasteiger partial charge in [0.05, 0.1) is 6.04 Å². The smallest absolute Gasteiger partial charge is 0.277 e. The number of dihydropyridines is 1. The van der Waals surface area contributed by atoms with Crippen LogP contribution in [0.4, 0.5) is 13.2 Å². The van der Waals surface area contributed by atoms with Gasteiger partial charge in [-0.1, -0.05) is 13.0 Å². The number of rotatable bonds is 1. The van der Waals surface area contributed by atoms with Crippen molar-refractivity contribution in [1.29, 1.82) is 0 Å². The third kappa shape index (κ3) is 2.09. The minimum absolute atomic E-state index is 0.188. The second-order valence-electron chi connectivity index (χ2n) is 2.71. The Balaban J connectivity index is 2.77. The van der Waals surface area contributed by atoms with Crippen LogP contribution in [0.5, 0.6) is 0 Å². The van der Waals surface area contributed by atoms with Crippen molar-refractivity contribution in [1.82, 2.24) is 0 Å². The van der Waals surface area contributed by atoms with Crippen LogP contribution in [0, 0.1) is 0 Å². The Hall–Kier alpha value is -0.800. The van der Waals surface area contributed by atoms with Crippen LogP contribution in [0.25, 0.3) is 0 Å². The van der Waals surface area contributed by atoms with Gasteiger partial charge >= 0.3 is 6.18 Å². The van der Waals surface area contributed by atoms with Crippen LogP contribution < -0.4 is 0 Å². The average Bonchev–Trinajstić information content (AvgIpc) is 2.03. The lowest BCUT2D eigenvalue weighted by Gasteiger charge is -2.15. The van der Waals surface area contributed by atoms with Crippen LogP contribution in [-0.2, 0) is 0 Å². The van der Waals surface area contributed by atoms with Crippen molar-refractivity contribution in [2.75, 3.05) is 0 Å². The first-order valence-corrected chi connectivity index (χ1v) is 3.85. The molecule has 1 unspecified atom stereocenters. The van der Waals surface area contributed by atoms with Gasteiger partial charge in [-0.25, -0.2) is 0 Å². The molecular formula is C8H10F3N. The highest BCUT2D eigenvalue weighted by Gasteiger charge is 2.35. The van der Waals surface area contributed by atoms with Gasteiger partial charge in [0.15, 0.2) is 0 Å². The fourth-order valence-corrected chi connectivity index (χ4v) is 1.05. The summed E-state index contributed by atoms with van der Waals surface area (Å²) in [6, 6.07) is -0.188. The van der Waals surface area contributed by atoms with Crippen molar-refractivity contribution in [2.45, 2.75) is 32.0 Å². The third-order valence-corrected chi connectivity index (χ3v) is 1.77. The van der Waals surface area contributed by atoms with Gasteiger partial charge < -0.3 is 0 Å². The molecule has 1 atom stereocenters. The molecule has 1 nitrogen and oxygen atoms in total. The van der Waals surface area contributed by atoms with Gasteiger partial charge in [-0.15, -0.1) is 0 Å². The Kier molecular flexibility index (Phi) is 2.55. The van der Waals surface area contributed by atoms with E-state index < -0.39 is 11.9 Å². The molecule has 4 heteroatoms. The average molecular weight is 177 g/mol. The minimum atomic E-state index is -4.29. The monoisotopic (exact) mass is 177 g/mol. The van der Waals surface area contributed by atoms with E-state index in [1.54, 1.807) is 0 Å². The summed E-state index contributed by atoms with van der Waals surface area (Å²) in [6.07, 6.45) is -0.430. The second-order valence-corrected chi connectivity index (χ2v) is 2.71. The van der Waals surface area contributed by atoms with Crippen LogP contribution in [-0.4, -0.2) is 17.9 Å². The first kappa shape index (κ1) is 9.29. The highest BCUT2D eigenvalue weighted by Crippen LogP contribution is 2.22. The van der Waals surface area contributed by atoms with E-state index in [-0.39, 0.29) is 6.04 Å². The maximum absolute atomic E-state index is 12.1. The van der Waals surface area contributed by atoms with Gasteiger partial charge in [-0.05, 0) is 18.9 Å². The van der Waals surface area contributed by atoms with E-state index in [4.69, 9.17) is 0 Å². The van der Waals surface area contributed by atoms with Gasteiger partial charge in [0.1, 0.15) is 5.71 Å². The van der Waals surface area contributed by atoms with E-state index in [2.05, 4.69) is 4.99 Å². The summed E-state index contributed by atoms with van der Waals surface area (Å²) in [4.78, 5) is 3.58. The number of halogens is 3. The van der Waals surface area contributed by atoms with Crippen LogP contribution in [0.15, 0.2) is 17.1 Å². The molecule has 0 bridgehead atoms. The standard InChI is InChI=1S/C8H10F3N/c1-2-6-4-3-5-7(12-6)8(9,10)11/h3,5-6H,2,4H2,1H3. The third-order valence-electron chi connectivity index (χ3n) is 1.77. The zero-order valence-corrected chi connectivity index (χ0v) is 6.73. The predicted molar refractivity (Wildman–Crippen MR) is 41.3 cm³/mol. The Morgan fingerprint density at radius 3 is 2.75 bits per heavy atom. The molecule has 0 saturated heterocycles. The van der Waals surface area contributed by atoms with E-state index in [1.807, 2.05) is 6.92 Å². The maximum atomic E-state index is 12.1. The first-order chi connectivity index (χ1) is 5.54. The zero-order valence-electron chi connectivity index (χ0n) is 6.73. The van der Waals surface area contributed by atoms with Crippen LogP contribution in [0.3, 0.4) is 0 Å². The lowest BCUT2D eigenvalue weighted by Crippen LogP contribution is -2.25. The van der Waals surface area contributed by atoms with E-state index in [1.165, 1.54) is 6.08 Å². The maximum Gasteiger partial charge on any atom is 0.432 e. The van der Waals surface area contributed by atoms with Crippen molar-refractivity contribution in [2.24, 2.45) is 4.99 Å². The van der Waals surface area contributed by atoms with E-state index >= 15 is 0 Å². The van der Waals surface area contributed by atoms with Crippen molar-refractivity contribution in [3.63, 3.8) is 0 Å². The number of hydrogen-bond donors (Lipinski definition) is 0. The molecule has 0 spiro atoms. The fourth-order valence-electron chi connectivity index (χ4n) is 1.05. The summed E-state index contributed by atoms with van der Waals surface area (Å²) in [7, 11) is 0. The summed E-state index contributed by atoms with van der Waals surface area (Å²) in [5, 5.41) is 0. The molecule has 1 aliphatic rings. The summed E-state index contributed by atoms with van der Waals surface area (Å²) < 4.78 is 36.2. The molecule has 1 rings (SSSR count).